The van der Waals surface area contributed by atoms with E-state index in [-0.39, 0.29) is 18.2 Å². The third kappa shape index (κ3) is 2.87. The molecule has 1 aromatic carbocycles. The predicted octanol–water partition coefficient (Wildman–Crippen LogP) is 2.91. The fourth-order valence-electron chi connectivity index (χ4n) is 1.84. The molecule has 1 saturated heterocycles. The molecular formula is C12H11BrClNO2. The molecule has 0 unspecified atom stereocenters. The van der Waals surface area contributed by atoms with Gasteiger partial charge in [0.2, 0.25) is 0 Å². The minimum Gasteiger partial charge on any atom is -0.331 e. The number of likely N-dealkylation sites (tertiary alicyclic amines) is 1. The van der Waals surface area contributed by atoms with Crippen molar-refractivity contribution in [1.29, 1.82) is 0 Å². The van der Waals surface area contributed by atoms with Crippen molar-refractivity contribution in [3.8, 4) is 0 Å². The van der Waals surface area contributed by atoms with Gasteiger partial charge in [0.15, 0.2) is 5.78 Å². The van der Waals surface area contributed by atoms with Crippen LogP contribution in [0.2, 0.25) is 5.02 Å². The molecule has 0 atom stereocenters. The summed E-state index contributed by atoms with van der Waals surface area (Å²) in [5, 5.41) is 0.405. The highest BCUT2D eigenvalue weighted by Crippen LogP contribution is 2.23. The van der Waals surface area contributed by atoms with Crippen LogP contribution in [-0.2, 0) is 4.79 Å². The third-order valence-corrected chi connectivity index (χ3v) is 3.51. The molecule has 0 bridgehead atoms. The van der Waals surface area contributed by atoms with Crippen LogP contribution in [0.3, 0.4) is 0 Å². The molecule has 1 fully saturated rings. The fraction of sp³-hybridized carbons (Fsp3) is 0.333. The maximum atomic E-state index is 12.2. The number of hydrogen-bond donors (Lipinski definition) is 0. The number of nitrogens with zero attached hydrogens (tertiary/aromatic N) is 1. The molecule has 90 valence electrons. The van der Waals surface area contributed by atoms with Crippen LogP contribution < -0.4 is 0 Å². The topological polar surface area (TPSA) is 37.4 Å². The van der Waals surface area contributed by atoms with Crippen LogP contribution in [0.1, 0.15) is 23.2 Å². The normalized spacial score (nSPS) is 16.1. The number of ketones is 1. The Morgan fingerprint density at radius 1 is 1.41 bits per heavy atom. The third-order valence-electron chi connectivity index (χ3n) is 2.70. The molecule has 0 aromatic heterocycles. The number of halogens is 2. The summed E-state index contributed by atoms with van der Waals surface area (Å²) in [6.07, 6.45) is 1.30. The number of carbonyl (C=O) groups excluding carboxylic acids is 2. The molecule has 5 heteroatoms. The van der Waals surface area contributed by atoms with E-state index in [2.05, 4.69) is 15.9 Å². The van der Waals surface area contributed by atoms with Crippen molar-refractivity contribution in [3.63, 3.8) is 0 Å². The van der Waals surface area contributed by atoms with Crippen molar-refractivity contribution in [2.24, 2.45) is 0 Å². The summed E-state index contributed by atoms with van der Waals surface area (Å²) in [6.45, 7) is 0.822. The largest absolute Gasteiger partial charge is 0.331 e. The van der Waals surface area contributed by atoms with Crippen molar-refractivity contribution < 1.29 is 9.59 Å². The quantitative estimate of drug-likeness (QED) is 0.799. The molecule has 0 aliphatic carbocycles. The molecule has 0 spiro atoms. The van der Waals surface area contributed by atoms with Gasteiger partial charge in [-0.3, -0.25) is 9.59 Å². The van der Waals surface area contributed by atoms with Crippen molar-refractivity contribution in [2.75, 3.05) is 13.1 Å². The van der Waals surface area contributed by atoms with Gasteiger partial charge in [0.25, 0.3) is 5.91 Å². The summed E-state index contributed by atoms with van der Waals surface area (Å²) in [4.78, 5) is 25.0. The minimum absolute atomic E-state index is 0.109. The van der Waals surface area contributed by atoms with Crippen LogP contribution in [0.15, 0.2) is 22.7 Å². The molecule has 1 heterocycles. The van der Waals surface area contributed by atoms with E-state index in [1.165, 1.54) is 0 Å². The van der Waals surface area contributed by atoms with Gasteiger partial charge in [-0.05, 0) is 24.6 Å². The van der Waals surface area contributed by atoms with Crippen LogP contribution in [0.5, 0.6) is 0 Å². The fourth-order valence-corrected chi connectivity index (χ4v) is 2.60. The molecule has 0 saturated carbocycles. The lowest BCUT2D eigenvalue weighted by Gasteiger charge is -2.26. The summed E-state index contributed by atoms with van der Waals surface area (Å²) in [5.41, 5.74) is 0.449. The molecule has 17 heavy (non-hydrogen) atoms. The Balaban J connectivity index is 2.21. The van der Waals surface area contributed by atoms with E-state index in [0.717, 1.165) is 10.9 Å². The Labute approximate surface area is 113 Å². The number of piperidine rings is 1. The summed E-state index contributed by atoms with van der Waals surface area (Å²) >= 11 is 9.31. The first kappa shape index (κ1) is 12.6. The first-order valence-corrected chi connectivity index (χ1v) is 6.51. The smallest absolute Gasteiger partial charge is 0.255 e. The summed E-state index contributed by atoms with van der Waals surface area (Å²) < 4.78 is 0.828. The van der Waals surface area contributed by atoms with E-state index in [4.69, 9.17) is 11.6 Å². The minimum atomic E-state index is -0.171. The van der Waals surface area contributed by atoms with Crippen LogP contribution in [-0.4, -0.2) is 29.7 Å². The molecule has 0 N–H and O–H groups in total. The van der Waals surface area contributed by atoms with Crippen LogP contribution in [0, 0.1) is 0 Å². The van der Waals surface area contributed by atoms with E-state index < -0.39 is 0 Å². The molecule has 1 aromatic rings. The number of rotatable bonds is 1. The van der Waals surface area contributed by atoms with Gasteiger partial charge in [-0.2, -0.15) is 0 Å². The van der Waals surface area contributed by atoms with Gasteiger partial charge in [-0.1, -0.05) is 27.5 Å². The Hall–Kier alpha value is -0.870. The molecule has 1 aliphatic heterocycles. The van der Waals surface area contributed by atoms with E-state index in [0.29, 0.717) is 23.6 Å². The van der Waals surface area contributed by atoms with Gasteiger partial charge in [-0.15, -0.1) is 0 Å². The lowest BCUT2D eigenvalue weighted by Crippen LogP contribution is -2.40. The first-order valence-electron chi connectivity index (χ1n) is 5.34. The summed E-state index contributed by atoms with van der Waals surface area (Å²) in [5.74, 6) is -0.0617. The lowest BCUT2D eigenvalue weighted by atomic mass is 10.1. The van der Waals surface area contributed by atoms with E-state index >= 15 is 0 Å². The average Bonchev–Trinajstić information content (AvgIpc) is 2.28. The van der Waals surface area contributed by atoms with Crippen LogP contribution >= 0.6 is 27.5 Å². The first-order chi connectivity index (χ1) is 8.08. The Morgan fingerprint density at radius 3 is 2.82 bits per heavy atom. The average molecular weight is 317 g/mol. The maximum absolute atomic E-state index is 12.2. The summed E-state index contributed by atoms with van der Waals surface area (Å²) in [7, 11) is 0. The zero-order valence-electron chi connectivity index (χ0n) is 9.08. The Kier molecular flexibility index (Phi) is 3.84. The van der Waals surface area contributed by atoms with E-state index in [1.807, 2.05) is 0 Å². The molecule has 1 aliphatic rings. The van der Waals surface area contributed by atoms with Gasteiger partial charge in [0.1, 0.15) is 0 Å². The second-order valence-electron chi connectivity index (χ2n) is 3.99. The maximum Gasteiger partial charge on any atom is 0.255 e. The van der Waals surface area contributed by atoms with Gasteiger partial charge in [-0.25, -0.2) is 0 Å². The highest BCUT2D eigenvalue weighted by molar-refractivity contribution is 9.10. The van der Waals surface area contributed by atoms with Crippen molar-refractivity contribution in [2.45, 2.75) is 12.8 Å². The highest BCUT2D eigenvalue weighted by Gasteiger charge is 2.23. The number of carbonyl (C=O) groups is 2. The Bertz CT molecular complexity index is 476. The zero-order chi connectivity index (χ0) is 12.4. The van der Waals surface area contributed by atoms with Crippen LogP contribution in [0.4, 0.5) is 0 Å². The predicted molar refractivity (Wildman–Crippen MR) is 69.3 cm³/mol. The number of Topliss-reactive ketones (excluding diaryl/α,β-unsaturated/α-hetero) is 1. The number of hydrogen-bond acceptors (Lipinski definition) is 2. The van der Waals surface area contributed by atoms with Crippen molar-refractivity contribution in [1.82, 2.24) is 4.90 Å². The molecule has 3 nitrogen and oxygen atoms in total. The Morgan fingerprint density at radius 2 is 2.18 bits per heavy atom. The number of benzene rings is 1. The van der Waals surface area contributed by atoms with Crippen LogP contribution in [0.25, 0.3) is 0 Å². The standard InChI is InChI=1S/C12H11BrClNO2/c13-8-3-4-10(11(14)6-8)12(17)15-5-1-2-9(16)7-15/h3-4,6H,1-2,5,7H2. The monoisotopic (exact) mass is 315 g/mol. The second kappa shape index (κ2) is 5.19. The summed E-state index contributed by atoms with van der Waals surface area (Å²) in [6, 6.07) is 5.12. The highest BCUT2D eigenvalue weighted by atomic mass is 79.9. The van der Waals surface area contributed by atoms with Gasteiger partial charge in [0, 0.05) is 17.4 Å². The van der Waals surface area contributed by atoms with E-state index in [1.54, 1.807) is 23.1 Å². The SMILES string of the molecule is O=C1CCCN(C(=O)c2ccc(Br)cc2Cl)C1. The molecule has 2 rings (SSSR count). The van der Waals surface area contributed by atoms with Gasteiger partial charge in [0.05, 0.1) is 17.1 Å². The van der Waals surface area contributed by atoms with E-state index in [9.17, 15) is 9.59 Å². The number of amides is 1. The lowest BCUT2D eigenvalue weighted by molar-refractivity contribution is -0.121. The zero-order valence-corrected chi connectivity index (χ0v) is 11.4. The van der Waals surface area contributed by atoms with Gasteiger partial charge < -0.3 is 4.90 Å². The second-order valence-corrected chi connectivity index (χ2v) is 5.32. The molecular weight excluding hydrogens is 305 g/mol. The molecule has 1 amide bonds. The van der Waals surface area contributed by atoms with Gasteiger partial charge >= 0.3 is 0 Å². The van der Waals surface area contributed by atoms with Crippen molar-refractivity contribution in [3.05, 3.63) is 33.3 Å². The van der Waals surface area contributed by atoms with Crippen molar-refractivity contribution >= 4 is 39.2 Å². The molecule has 0 radical (unpaired) electrons.